The summed E-state index contributed by atoms with van der Waals surface area (Å²) in [6.45, 7) is 1.47. The molecule has 3 rings (SSSR count). The topological polar surface area (TPSA) is 64.0 Å². The molecule has 0 atom stereocenters. The molecule has 3 aromatic rings. The van der Waals surface area contributed by atoms with Crippen molar-refractivity contribution in [3.05, 3.63) is 71.8 Å². The second kappa shape index (κ2) is 6.68. The van der Waals surface area contributed by atoms with Crippen LogP contribution < -0.4 is 5.32 Å². The number of anilines is 1. The molecule has 2 aromatic carbocycles. The van der Waals surface area contributed by atoms with E-state index in [0.29, 0.717) is 28.2 Å². The Morgan fingerprint density at radius 2 is 1.60 bits per heavy atom. The number of imidazole rings is 1. The van der Waals surface area contributed by atoms with Gasteiger partial charge in [-0.05, 0) is 43.3 Å². The summed E-state index contributed by atoms with van der Waals surface area (Å²) in [4.78, 5) is 28.1. The molecule has 5 nitrogen and oxygen atoms in total. The Bertz CT molecular complexity index is 928. The molecule has 0 bridgehead atoms. The minimum Gasteiger partial charge on any atom is -0.320 e. The van der Waals surface area contributed by atoms with Crippen molar-refractivity contribution in [1.29, 1.82) is 0 Å². The number of nitrogens with one attached hydrogen (secondary N) is 1. The Morgan fingerprint density at radius 3 is 2.20 bits per heavy atom. The molecule has 0 spiro atoms. The molecule has 0 unspecified atom stereocenters. The van der Waals surface area contributed by atoms with Gasteiger partial charge in [0.1, 0.15) is 17.3 Å². The molecule has 0 aliphatic rings. The van der Waals surface area contributed by atoms with Gasteiger partial charge in [-0.3, -0.25) is 9.59 Å². The largest absolute Gasteiger partial charge is 0.320 e. The summed E-state index contributed by atoms with van der Waals surface area (Å²) in [6, 6.07) is 12.3. The van der Waals surface area contributed by atoms with E-state index in [1.807, 2.05) is 0 Å². The summed E-state index contributed by atoms with van der Waals surface area (Å²) in [5, 5.41) is 2.82. The highest BCUT2D eigenvalue weighted by molar-refractivity contribution is 6.06. The first-order valence-corrected chi connectivity index (χ1v) is 7.65. The van der Waals surface area contributed by atoms with Gasteiger partial charge in [0.05, 0.1) is 6.33 Å². The quantitative estimate of drug-likeness (QED) is 0.739. The van der Waals surface area contributed by atoms with Crippen LogP contribution in [0.1, 0.15) is 27.6 Å². The Morgan fingerprint density at radius 1 is 1.00 bits per heavy atom. The predicted molar refractivity (Wildman–Crippen MR) is 93.0 cm³/mol. The number of rotatable bonds is 4. The Balaban J connectivity index is 1.87. The molecular weight excluding hydrogens is 321 g/mol. The Kier molecular flexibility index (Phi) is 4.43. The van der Waals surface area contributed by atoms with E-state index < -0.39 is 0 Å². The zero-order valence-electron chi connectivity index (χ0n) is 13.8. The molecule has 126 valence electrons. The van der Waals surface area contributed by atoms with Gasteiger partial charge in [-0.15, -0.1) is 0 Å². The van der Waals surface area contributed by atoms with Gasteiger partial charge in [0.15, 0.2) is 5.78 Å². The van der Waals surface area contributed by atoms with Crippen LogP contribution in [0.25, 0.3) is 11.3 Å². The number of hydrogen-bond acceptors (Lipinski definition) is 3. The zero-order valence-corrected chi connectivity index (χ0v) is 13.8. The summed E-state index contributed by atoms with van der Waals surface area (Å²) in [5.41, 5.74) is 2.22. The summed E-state index contributed by atoms with van der Waals surface area (Å²) in [6.07, 6.45) is 1.58. The first-order valence-electron chi connectivity index (χ1n) is 7.65. The third-order valence-electron chi connectivity index (χ3n) is 3.84. The van der Waals surface area contributed by atoms with Crippen LogP contribution >= 0.6 is 0 Å². The van der Waals surface area contributed by atoms with Crippen LogP contribution in [0.3, 0.4) is 0 Å². The zero-order chi connectivity index (χ0) is 18.0. The Labute approximate surface area is 144 Å². The maximum atomic E-state index is 13.1. The van der Waals surface area contributed by atoms with E-state index in [4.69, 9.17) is 0 Å². The van der Waals surface area contributed by atoms with E-state index in [-0.39, 0.29) is 17.5 Å². The van der Waals surface area contributed by atoms with Gasteiger partial charge in [0, 0.05) is 23.7 Å². The van der Waals surface area contributed by atoms with Crippen molar-refractivity contribution in [1.82, 2.24) is 9.55 Å². The highest BCUT2D eigenvalue weighted by Crippen LogP contribution is 2.26. The van der Waals surface area contributed by atoms with Gasteiger partial charge in [-0.25, -0.2) is 9.37 Å². The monoisotopic (exact) mass is 337 g/mol. The van der Waals surface area contributed by atoms with Crippen LogP contribution in [-0.2, 0) is 7.05 Å². The lowest BCUT2D eigenvalue weighted by Crippen LogP contribution is -2.15. The predicted octanol–water partition coefficient (Wildman–Crippen LogP) is 3.68. The normalized spacial score (nSPS) is 10.5. The fourth-order valence-corrected chi connectivity index (χ4v) is 2.43. The van der Waals surface area contributed by atoms with Gasteiger partial charge < -0.3 is 9.88 Å². The second-order valence-electron chi connectivity index (χ2n) is 5.65. The van der Waals surface area contributed by atoms with E-state index >= 15 is 0 Å². The van der Waals surface area contributed by atoms with Crippen molar-refractivity contribution in [3.8, 4) is 11.3 Å². The molecule has 1 heterocycles. The number of amides is 1. The van der Waals surface area contributed by atoms with E-state index in [1.165, 1.54) is 19.1 Å². The van der Waals surface area contributed by atoms with Gasteiger partial charge in [0.2, 0.25) is 0 Å². The number of ketones is 1. The summed E-state index contributed by atoms with van der Waals surface area (Å²) in [5.74, 6) is -0.206. The van der Waals surface area contributed by atoms with Gasteiger partial charge in [-0.2, -0.15) is 0 Å². The number of nitrogens with zero attached hydrogens (tertiary/aromatic N) is 2. The van der Waals surface area contributed by atoms with Crippen LogP contribution in [0.5, 0.6) is 0 Å². The molecule has 1 amide bonds. The standard InChI is InChI=1S/C19H16FN3O2/c1-12(24)13-3-5-15(6-4-13)19(25)22-18-17(21-11-23(18)2)14-7-9-16(20)10-8-14/h3-11H,1-2H3,(H,22,25). The van der Waals surface area contributed by atoms with Crippen LogP contribution in [0.2, 0.25) is 0 Å². The van der Waals surface area contributed by atoms with Gasteiger partial charge >= 0.3 is 0 Å². The van der Waals surface area contributed by atoms with Crippen molar-refractivity contribution in [3.63, 3.8) is 0 Å². The van der Waals surface area contributed by atoms with E-state index in [2.05, 4.69) is 10.3 Å². The van der Waals surface area contributed by atoms with Crippen molar-refractivity contribution < 1.29 is 14.0 Å². The highest BCUT2D eigenvalue weighted by atomic mass is 19.1. The van der Waals surface area contributed by atoms with Gasteiger partial charge in [-0.1, -0.05) is 12.1 Å². The third kappa shape index (κ3) is 3.47. The molecule has 6 heteroatoms. The van der Waals surface area contributed by atoms with Crippen molar-refractivity contribution in [2.45, 2.75) is 6.92 Å². The molecule has 0 aliphatic heterocycles. The molecule has 1 aromatic heterocycles. The fourth-order valence-electron chi connectivity index (χ4n) is 2.43. The average molecular weight is 337 g/mol. The number of halogens is 1. The number of hydrogen-bond donors (Lipinski definition) is 1. The number of Topliss-reactive ketones (excluding diaryl/α,β-unsaturated/α-hetero) is 1. The minimum absolute atomic E-state index is 0.0582. The molecule has 0 aliphatic carbocycles. The van der Waals surface area contributed by atoms with E-state index in [9.17, 15) is 14.0 Å². The van der Waals surface area contributed by atoms with Crippen molar-refractivity contribution in [2.24, 2.45) is 7.05 Å². The Hall–Kier alpha value is -3.28. The van der Waals surface area contributed by atoms with Crippen LogP contribution in [0.15, 0.2) is 54.9 Å². The van der Waals surface area contributed by atoms with Crippen LogP contribution in [-0.4, -0.2) is 21.2 Å². The molecule has 1 N–H and O–H groups in total. The minimum atomic E-state index is -0.337. The summed E-state index contributed by atoms with van der Waals surface area (Å²) in [7, 11) is 1.76. The lowest BCUT2D eigenvalue weighted by Gasteiger charge is -2.09. The van der Waals surface area contributed by atoms with Crippen LogP contribution in [0.4, 0.5) is 10.2 Å². The number of aromatic nitrogens is 2. The summed E-state index contributed by atoms with van der Waals surface area (Å²) < 4.78 is 14.8. The van der Waals surface area contributed by atoms with Crippen molar-refractivity contribution in [2.75, 3.05) is 5.32 Å². The number of carbonyl (C=O) groups is 2. The molecule has 25 heavy (non-hydrogen) atoms. The number of carbonyl (C=O) groups excluding carboxylic acids is 2. The smallest absolute Gasteiger partial charge is 0.256 e. The fraction of sp³-hybridized carbons (Fsp3) is 0.105. The first-order chi connectivity index (χ1) is 12.0. The molecule has 0 saturated heterocycles. The molecule has 0 fully saturated rings. The SMILES string of the molecule is CC(=O)c1ccc(C(=O)Nc2c(-c3ccc(F)cc3)ncn2C)cc1. The summed E-state index contributed by atoms with van der Waals surface area (Å²) >= 11 is 0. The van der Waals surface area contributed by atoms with Crippen LogP contribution in [0, 0.1) is 5.82 Å². The lowest BCUT2D eigenvalue weighted by atomic mass is 10.1. The average Bonchev–Trinajstić information content (AvgIpc) is 2.96. The first kappa shape index (κ1) is 16.6. The molecule has 0 saturated carbocycles. The number of benzene rings is 2. The van der Waals surface area contributed by atoms with E-state index in [0.717, 1.165) is 0 Å². The van der Waals surface area contributed by atoms with Crippen molar-refractivity contribution >= 4 is 17.5 Å². The number of aryl methyl sites for hydroxylation is 1. The molecule has 0 radical (unpaired) electrons. The molecular formula is C19H16FN3O2. The lowest BCUT2D eigenvalue weighted by molar-refractivity contribution is 0.100. The maximum absolute atomic E-state index is 13.1. The van der Waals surface area contributed by atoms with E-state index in [1.54, 1.807) is 54.3 Å². The van der Waals surface area contributed by atoms with Gasteiger partial charge in [0.25, 0.3) is 5.91 Å². The highest BCUT2D eigenvalue weighted by Gasteiger charge is 2.15. The maximum Gasteiger partial charge on any atom is 0.256 e. The second-order valence-corrected chi connectivity index (χ2v) is 5.65. The third-order valence-corrected chi connectivity index (χ3v) is 3.84.